The van der Waals surface area contributed by atoms with Crippen LogP contribution in [0.2, 0.25) is 25.7 Å². The molecule has 0 bridgehead atoms. The molecule has 0 aliphatic carbocycles. The molecule has 0 saturated heterocycles. The van der Waals surface area contributed by atoms with E-state index in [9.17, 15) is 9.18 Å². The van der Waals surface area contributed by atoms with E-state index in [2.05, 4.69) is 29.7 Å². The highest BCUT2D eigenvalue weighted by atomic mass is 28.3. The number of ether oxygens (including phenoxy) is 2. The van der Waals surface area contributed by atoms with E-state index in [4.69, 9.17) is 20.9 Å². The molecular formula is C19H28FN5O3Si. The van der Waals surface area contributed by atoms with Crippen LogP contribution in [-0.2, 0) is 11.5 Å². The predicted octanol–water partition coefficient (Wildman–Crippen LogP) is 2.55. The number of primary amides is 1. The zero-order chi connectivity index (χ0) is 21.4. The molecule has 10 heteroatoms. The highest BCUT2D eigenvalue weighted by Crippen LogP contribution is 2.22. The minimum atomic E-state index is -1.21. The van der Waals surface area contributed by atoms with Crippen LogP contribution in [0.3, 0.4) is 0 Å². The van der Waals surface area contributed by atoms with Crippen LogP contribution in [0.5, 0.6) is 5.75 Å². The summed E-state index contributed by atoms with van der Waals surface area (Å²) < 4.78 is 25.3. The van der Waals surface area contributed by atoms with Crippen molar-refractivity contribution in [2.24, 2.45) is 11.5 Å². The Morgan fingerprint density at radius 2 is 1.97 bits per heavy atom. The molecule has 0 fully saturated rings. The standard InChI is InChI=1S/C19H28FN5O3Si/c1-29(2,3)9-8-27-13-25-19(23-18(24-25)17(22)26)15-4-6-16(7-5-15)28-12-14(10-20)11-21/h4-7,10H,8-9,11-13,21H2,1-3H3,(H2,22,26)/b14-10+. The molecule has 158 valence electrons. The number of nitrogens with two attached hydrogens (primary N) is 2. The molecule has 1 heterocycles. The summed E-state index contributed by atoms with van der Waals surface area (Å²) in [6, 6.07) is 7.99. The van der Waals surface area contributed by atoms with Gasteiger partial charge in [-0.3, -0.25) is 4.79 Å². The van der Waals surface area contributed by atoms with Gasteiger partial charge in [0.05, 0.1) is 6.33 Å². The number of hydrogen-bond donors (Lipinski definition) is 2. The number of nitrogens with zero attached hydrogens (tertiary/aromatic N) is 3. The summed E-state index contributed by atoms with van der Waals surface area (Å²) in [7, 11) is -1.21. The average molecular weight is 422 g/mol. The van der Waals surface area contributed by atoms with Gasteiger partial charge in [0.25, 0.3) is 5.91 Å². The lowest BCUT2D eigenvalue weighted by Crippen LogP contribution is -2.22. The molecule has 1 amide bonds. The van der Waals surface area contributed by atoms with Crippen LogP contribution in [0.4, 0.5) is 4.39 Å². The zero-order valence-corrected chi connectivity index (χ0v) is 18.0. The fourth-order valence-electron chi connectivity index (χ4n) is 2.29. The molecule has 2 aromatic rings. The van der Waals surface area contributed by atoms with Crippen molar-refractivity contribution in [2.75, 3.05) is 19.8 Å². The molecule has 1 aromatic heterocycles. The Balaban J connectivity index is 2.12. The van der Waals surface area contributed by atoms with E-state index in [1.165, 1.54) is 4.68 Å². The third-order valence-electron chi connectivity index (χ3n) is 4.06. The maximum absolute atomic E-state index is 12.6. The number of carbonyl (C=O) groups is 1. The average Bonchev–Trinajstić information content (AvgIpc) is 3.10. The summed E-state index contributed by atoms with van der Waals surface area (Å²) in [6.07, 6.45) is 0.449. The number of carbonyl (C=O) groups excluding carboxylic acids is 1. The minimum absolute atomic E-state index is 0.0687. The molecule has 0 atom stereocenters. The predicted molar refractivity (Wildman–Crippen MR) is 112 cm³/mol. The van der Waals surface area contributed by atoms with Crippen LogP contribution < -0.4 is 16.2 Å². The van der Waals surface area contributed by atoms with Crippen molar-refractivity contribution in [2.45, 2.75) is 32.4 Å². The molecule has 0 aliphatic rings. The monoisotopic (exact) mass is 421 g/mol. The van der Waals surface area contributed by atoms with Crippen molar-refractivity contribution in [3.8, 4) is 17.1 Å². The normalized spacial score (nSPS) is 12.2. The zero-order valence-electron chi connectivity index (χ0n) is 17.0. The van der Waals surface area contributed by atoms with Gasteiger partial charge in [-0.1, -0.05) is 19.6 Å². The lowest BCUT2D eigenvalue weighted by molar-refractivity contribution is 0.0789. The first-order valence-corrected chi connectivity index (χ1v) is 13.0. The lowest BCUT2D eigenvalue weighted by Gasteiger charge is -2.15. The van der Waals surface area contributed by atoms with Crippen molar-refractivity contribution in [1.82, 2.24) is 14.8 Å². The molecule has 29 heavy (non-hydrogen) atoms. The van der Waals surface area contributed by atoms with Crippen molar-refractivity contribution in [1.29, 1.82) is 0 Å². The Hall–Kier alpha value is -2.56. The van der Waals surface area contributed by atoms with Gasteiger partial charge in [0.1, 0.15) is 19.1 Å². The van der Waals surface area contributed by atoms with E-state index in [0.29, 0.717) is 35.6 Å². The topological polar surface area (TPSA) is 118 Å². The number of halogens is 1. The van der Waals surface area contributed by atoms with Crippen molar-refractivity contribution < 1.29 is 18.7 Å². The summed E-state index contributed by atoms with van der Waals surface area (Å²) >= 11 is 0. The fraction of sp³-hybridized carbons (Fsp3) is 0.421. The van der Waals surface area contributed by atoms with E-state index in [-0.39, 0.29) is 25.7 Å². The van der Waals surface area contributed by atoms with E-state index in [1.54, 1.807) is 24.3 Å². The molecule has 0 unspecified atom stereocenters. The second-order valence-corrected chi connectivity index (χ2v) is 13.4. The third-order valence-corrected chi connectivity index (χ3v) is 5.76. The summed E-state index contributed by atoms with van der Waals surface area (Å²) in [6.45, 7) is 7.74. The van der Waals surface area contributed by atoms with Gasteiger partial charge in [-0.25, -0.2) is 14.1 Å². The number of hydrogen-bond acceptors (Lipinski definition) is 6. The molecular weight excluding hydrogens is 393 g/mol. The first kappa shape index (κ1) is 22.7. The van der Waals surface area contributed by atoms with Gasteiger partial charge in [-0.05, 0) is 30.3 Å². The lowest BCUT2D eigenvalue weighted by atomic mass is 10.2. The Labute approximate surface area is 170 Å². The van der Waals surface area contributed by atoms with Gasteiger partial charge in [0, 0.05) is 32.4 Å². The molecule has 2 rings (SSSR count). The summed E-state index contributed by atoms with van der Waals surface area (Å²) in [5.41, 5.74) is 11.8. The van der Waals surface area contributed by atoms with E-state index in [0.717, 1.165) is 6.04 Å². The van der Waals surface area contributed by atoms with Gasteiger partial charge in [0.15, 0.2) is 5.82 Å². The molecule has 4 N–H and O–H groups in total. The van der Waals surface area contributed by atoms with Crippen molar-refractivity contribution in [3.63, 3.8) is 0 Å². The van der Waals surface area contributed by atoms with Crippen LogP contribution >= 0.6 is 0 Å². The molecule has 0 aliphatic heterocycles. The quantitative estimate of drug-likeness (QED) is 0.425. The molecule has 8 nitrogen and oxygen atoms in total. The first-order chi connectivity index (χ1) is 13.7. The second-order valence-electron chi connectivity index (χ2n) is 7.76. The van der Waals surface area contributed by atoms with Crippen LogP contribution in [0.15, 0.2) is 36.2 Å². The van der Waals surface area contributed by atoms with Crippen molar-refractivity contribution >= 4 is 14.0 Å². The Bertz CT molecular complexity index is 847. The Morgan fingerprint density at radius 1 is 1.28 bits per heavy atom. The number of rotatable bonds is 11. The maximum Gasteiger partial charge on any atom is 0.288 e. The first-order valence-electron chi connectivity index (χ1n) is 9.27. The van der Waals surface area contributed by atoms with E-state index in [1.807, 2.05) is 0 Å². The molecule has 0 spiro atoms. The van der Waals surface area contributed by atoms with Crippen LogP contribution in [0.1, 0.15) is 10.6 Å². The highest BCUT2D eigenvalue weighted by Gasteiger charge is 2.17. The Kier molecular flexibility index (Phi) is 8.06. The van der Waals surface area contributed by atoms with Gasteiger partial charge in [-0.15, -0.1) is 5.10 Å². The van der Waals surface area contributed by atoms with Gasteiger partial charge < -0.3 is 20.9 Å². The second kappa shape index (κ2) is 10.3. The summed E-state index contributed by atoms with van der Waals surface area (Å²) in [4.78, 5) is 15.7. The molecule has 0 radical (unpaired) electrons. The van der Waals surface area contributed by atoms with E-state index >= 15 is 0 Å². The number of benzene rings is 1. The minimum Gasteiger partial charge on any atom is -0.489 e. The summed E-state index contributed by atoms with van der Waals surface area (Å²) in [5.74, 6) is 0.230. The number of aromatic nitrogens is 3. The van der Waals surface area contributed by atoms with E-state index < -0.39 is 14.0 Å². The maximum atomic E-state index is 12.6. The van der Waals surface area contributed by atoms with Gasteiger partial charge >= 0.3 is 0 Å². The SMILES string of the molecule is C[Si](C)(C)CCOCn1nc(C(N)=O)nc1-c1ccc(OC/C(=C/F)CN)cc1. The third kappa shape index (κ3) is 7.08. The molecule has 1 aromatic carbocycles. The molecule has 0 saturated carbocycles. The van der Waals surface area contributed by atoms with Crippen LogP contribution in [0, 0.1) is 0 Å². The van der Waals surface area contributed by atoms with Gasteiger partial charge in [-0.2, -0.15) is 0 Å². The van der Waals surface area contributed by atoms with Crippen LogP contribution in [-0.4, -0.2) is 48.5 Å². The highest BCUT2D eigenvalue weighted by molar-refractivity contribution is 6.76. The van der Waals surface area contributed by atoms with Gasteiger partial charge in [0.2, 0.25) is 5.82 Å². The smallest absolute Gasteiger partial charge is 0.288 e. The summed E-state index contributed by atoms with van der Waals surface area (Å²) in [5, 5.41) is 4.15. The fourth-order valence-corrected chi connectivity index (χ4v) is 3.05. The van der Waals surface area contributed by atoms with Crippen molar-refractivity contribution in [3.05, 3.63) is 42.0 Å². The number of amides is 1. The van der Waals surface area contributed by atoms with Crippen LogP contribution in [0.25, 0.3) is 11.4 Å². The Morgan fingerprint density at radius 3 is 2.52 bits per heavy atom. The largest absolute Gasteiger partial charge is 0.489 e.